The molecule has 0 saturated carbocycles. The fourth-order valence-electron chi connectivity index (χ4n) is 1.27. The molecule has 1 aromatic heterocycles. The van der Waals surface area contributed by atoms with E-state index in [0.29, 0.717) is 0 Å². The van der Waals surface area contributed by atoms with Crippen molar-refractivity contribution in [3.63, 3.8) is 0 Å². The summed E-state index contributed by atoms with van der Waals surface area (Å²) in [5.41, 5.74) is 1.24. The molecule has 1 aromatic rings. The number of hydrogen-bond acceptors (Lipinski definition) is 2. The van der Waals surface area contributed by atoms with Crippen LogP contribution in [0.25, 0.3) is 0 Å². The monoisotopic (exact) mass is 200 g/mol. The van der Waals surface area contributed by atoms with Crippen LogP contribution in [0.15, 0.2) is 6.20 Å². The van der Waals surface area contributed by atoms with Crippen LogP contribution in [-0.4, -0.2) is 22.8 Å². The Hall–Kier alpha value is -0.610. The van der Waals surface area contributed by atoms with Gasteiger partial charge in [0.15, 0.2) is 4.77 Å². The molecule has 74 valence electrons. The van der Waals surface area contributed by atoms with E-state index in [1.807, 2.05) is 13.1 Å². The maximum absolute atomic E-state index is 5.28. The molecule has 0 atom stereocenters. The fraction of sp³-hybridized carbons (Fsp3) is 0.667. The Kier molecular flexibility index (Phi) is 4.18. The summed E-state index contributed by atoms with van der Waals surface area (Å²) in [6.45, 7) is 6.46. The number of nitrogens with one attached hydrogen (secondary N) is 1. The summed E-state index contributed by atoms with van der Waals surface area (Å²) in [6.07, 6.45) is 2.97. The van der Waals surface area contributed by atoms with Crippen molar-refractivity contribution in [2.45, 2.75) is 26.8 Å². The lowest BCUT2D eigenvalue weighted by Gasteiger charge is -2.06. The van der Waals surface area contributed by atoms with Gasteiger partial charge in [-0.2, -0.15) is 0 Å². The molecule has 0 aliphatic carbocycles. The lowest BCUT2D eigenvalue weighted by atomic mass is 10.3. The molecule has 1 N–H and O–H groups in total. The summed E-state index contributed by atoms with van der Waals surface area (Å²) < 4.78 is 8.16. The first-order valence-corrected chi connectivity index (χ1v) is 5.05. The van der Waals surface area contributed by atoms with Crippen LogP contribution in [0, 0.1) is 4.77 Å². The first kappa shape index (κ1) is 10.5. The van der Waals surface area contributed by atoms with Gasteiger partial charge in [0.2, 0.25) is 0 Å². The highest BCUT2D eigenvalue weighted by atomic mass is 32.1. The Labute approximate surface area is 83.7 Å². The molecule has 0 saturated heterocycles. The third kappa shape index (κ3) is 2.67. The quantitative estimate of drug-likeness (QED) is 0.583. The van der Waals surface area contributed by atoms with Gasteiger partial charge in [-0.3, -0.25) is 0 Å². The fourth-order valence-corrected chi connectivity index (χ4v) is 1.54. The maximum atomic E-state index is 5.28. The van der Waals surface area contributed by atoms with Crippen LogP contribution in [0.2, 0.25) is 0 Å². The number of hydrogen-bond donors (Lipinski definition) is 1. The highest BCUT2D eigenvalue weighted by Crippen LogP contribution is 2.02. The summed E-state index contributed by atoms with van der Waals surface area (Å²) in [5.74, 6) is 0. The first-order valence-electron chi connectivity index (χ1n) is 4.64. The smallest absolute Gasteiger partial charge is 0.177 e. The number of aryl methyl sites for hydroxylation is 1. The van der Waals surface area contributed by atoms with E-state index < -0.39 is 0 Å². The van der Waals surface area contributed by atoms with Gasteiger partial charge in [0, 0.05) is 25.0 Å². The van der Waals surface area contributed by atoms with Crippen LogP contribution in [-0.2, 0) is 17.7 Å². The zero-order valence-electron chi connectivity index (χ0n) is 8.17. The minimum Gasteiger partial charge on any atom is -0.380 e. The number of ether oxygens (including phenoxy) is 1. The van der Waals surface area contributed by atoms with Gasteiger partial charge in [0.25, 0.3) is 0 Å². The standard InChI is InChI=1S/C9H16N2OS/c1-3-8-7-10-9(13)11(8)5-6-12-4-2/h7H,3-6H2,1-2H3,(H,10,13). The lowest BCUT2D eigenvalue weighted by Crippen LogP contribution is -2.08. The van der Waals surface area contributed by atoms with E-state index in [9.17, 15) is 0 Å². The van der Waals surface area contributed by atoms with E-state index in [2.05, 4.69) is 16.5 Å². The summed E-state index contributed by atoms with van der Waals surface area (Å²) in [5, 5.41) is 0. The topological polar surface area (TPSA) is 29.9 Å². The van der Waals surface area contributed by atoms with E-state index in [1.165, 1.54) is 5.69 Å². The first-order chi connectivity index (χ1) is 6.29. The van der Waals surface area contributed by atoms with E-state index in [4.69, 9.17) is 17.0 Å². The zero-order valence-corrected chi connectivity index (χ0v) is 8.99. The average molecular weight is 200 g/mol. The lowest BCUT2D eigenvalue weighted by molar-refractivity contribution is 0.138. The van der Waals surface area contributed by atoms with E-state index in [1.54, 1.807) is 0 Å². The summed E-state index contributed by atoms with van der Waals surface area (Å²) >= 11 is 5.14. The molecular formula is C9H16N2OS. The molecule has 0 fully saturated rings. The van der Waals surface area contributed by atoms with Crippen LogP contribution in [0.1, 0.15) is 19.5 Å². The highest BCUT2D eigenvalue weighted by molar-refractivity contribution is 7.71. The summed E-state index contributed by atoms with van der Waals surface area (Å²) in [6, 6.07) is 0. The average Bonchev–Trinajstić information content (AvgIpc) is 2.48. The van der Waals surface area contributed by atoms with Crippen molar-refractivity contribution in [3.05, 3.63) is 16.7 Å². The predicted molar refractivity (Wildman–Crippen MR) is 55.5 cm³/mol. The Balaban J connectivity index is 2.63. The normalized spacial score (nSPS) is 10.6. The Morgan fingerprint density at radius 3 is 2.92 bits per heavy atom. The molecule has 1 rings (SSSR count). The highest BCUT2D eigenvalue weighted by Gasteiger charge is 2.00. The predicted octanol–water partition coefficient (Wildman–Crippen LogP) is 2.14. The van der Waals surface area contributed by atoms with Crippen LogP contribution in [0.3, 0.4) is 0 Å². The van der Waals surface area contributed by atoms with Gasteiger partial charge in [-0.25, -0.2) is 0 Å². The van der Waals surface area contributed by atoms with Gasteiger partial charge in [0.05, 0.1) is 6.61 Å². The summed E-state index contributed by atoms with van der Waals surface area (Å²) in [4.78, 5) is 3.04. The molecule has 0 aromatic carbocycles. The SMILES string of the molecule is CCOCCn1c(CC)c[nH]c1=S. The van der Waals surface area contributed by atoms with Gasteiger partial charge in [-0.15, -0.1) is 0 Å². The van der Waals surface area contributed by atoms with Crippen molar-refractivity contribution >= 4 is 12.2 Å². The second-order valence-electron chi connectivity index (χ2n) is 2.79. The zero-order chi connectivity index (χ0) is 9.68. The molecule has 0 radical (unpaired) electrons. The molecule has 0 unspecified atom stereocenters. The molecule has 1 heterocycles. The third-order valence-electron chi connectivity index (χ3n) is 1.98. The molecule has 13 heavy (non-hydrogen) atoms. The van der Waals surface area contributed by atoms with Crippen molar-refractivity contribution in [1.29, 1.82) is 0 Å². The number of rotatable bonds is 5. The molecule has 0 aliphatic heterocycles. The van der Waals surface area contributed by atoms with Crippen LogP contribution >= 0.6 is 12.2 Å². The summed E-state index contributed by atoms with van der Waals surface area (Å²) in [7, 11) is 0. The molecule has 4 heteroatoms. The van der Waals surface area contributed by atoms with Crippen molar-refractivity contribution in [2.24, 2.45) is 0 Å². The number of H-pyrrole nitrogens is 1. The minimum atomic E-state index is 0.732. The number of nitrogens with zero attached hydrogens (tertiary/aromatic N) is 1. The van der Waals surface area contributed by atoms with Crippen molar-refractivity contribution in [3.8, 4) is 0 Å². The van der Waals surface area contributed by atoms with Crippen LogP contribution < -0.4 is 0 Å². The third-order valence-corrected chi connectivity index (χ3v) is 2.32. The molecule has 0 amide bonds. The molecular weight excluding hydrogens is 184 g/mol. The second-order valence-corrected chi connectivity index (χ2v) is 3.17. The maximum Gasteiger partial charge on any atom is 0.177 e. The minimum absolute atomic E-state index is 0.732. The van der Waals surface area contributed by atoms with Crippen molar-refractivity contribution in [1.82, 2.24) is 9.55 Å². The molecule has 3 nitrogen and oxygen atoms in total. The number of aromatic nitrogens is 2. The van der Waals surface area contributed by atoms with Crippen LogP contribution in [0.4, 0.5) is 0 Å². The Morgan fingerprint density at radius 2 is 2.31 bits per heavy atom. The van der Waals surface area contributed by atoms with E-state index in [-0.39, 0.29) is 0 Å². The van der Waals surface area contributed by atoms with Gasteiger partial charge in [-0.05, 0) is 25.6 Å². The van der Waals surface area contributed by atoms with Gasteiger partial charge >= 0.3 is 0 Å². The molecule has 0 aliphatic rings. The Bertz CT molecular complexity index is 303. The van der Waals surface area contributed by atoms with Gasteiger partial charge in [-0.1, -0.05) is 6.92 Å². The van der Waals surface area contributed by atoms with Crippen molar-refractivity contribution in [2.75, 3.05) is 13.2 Å². The van der Waals surface area contributed by atoms with Crippen molar-refractivity contribution < 1.29 is 4.74 Å². The number of aromatic amines is 1. The Morgan fingerprint density at radius 1 is 1.54 bits per heavy atom. The second kappa shape index (κ2) is 5.19. The van der Waals surface area contributed by atoms with E-state index in [0.717, 1.165) is 31.0 Å². The van der Waals surface area contributed by atoms with Crippen LogP contribution in [0.5, 0.6) is 0 Å². The van der Waals surface area contributed by atoms with E-state index >= 15 is 0 Å². The largest absolute Gasteiger partial charge is 0.380 e. The van der Waals surface area contributed by atoms with Gasteiger partial charge < -0.3 is 14.3 Å². The molecule has 0 bridgehead atoms. The number of imidazole rings is 1. The molecule has 0 spiro atoms. The van der Waals surface area contributed by atoms with Gasteiger partial charge in [0.1, 0.15) is 0 Å².